The summed E-state index contributed by atoms with van der Waals surface area (Å²) < 4.78 is 2.23. The number of hydrogen-bond acceptors (Lipinski definition) is 5. The van der Waals surface area contributed by atoms with E-state index in [0.717, 1.165) is 34.5 Å². The molecule has 0 fully saturated rings. The van der Waals surface area contributed by atoms with Crippen molar-refractivity contribution in [2.24, 2.45) is 5.73 Å². The van der Waals surface area contributed by atoms with E-state index in [1.54, 1.807) is 18.0 Å². The van der Waals surface area contributed by atoms with Crippen LogP contribution in [-0.4, -0.2) is 19.7 Å². The number of pyridine rings is 1. The van der Waals surface area contributed by atoms with Crippen molar-refractivity contribution in [3.63, 3.8) is 0 Å². The molecule has 2 N–H and O–H groups in total. The van der Waals surface area contributed by atoms with Gasteiger partial charge < -0.3 is 10.3 Å². The maximum atomic E-state index is 6.01. The number of aromatic nitrogens is 4. The van der Waals surface area contributed by atoms with Crippen molar-refractivity contribution in [3.05, 3.63) is 29.7 Å². The number of rotatable bonds is 3. The Hall–Kier alpha value is -1.40. The smallest absolute Gasteiger partial charge is 0.197 e. The zero-order valence-electron chi connectivity index (χ0n) is 11.6. The summed E-state index contributed by atoms with van der Waals surface area (Å²) in [6, 6.07) is 3.92. The second-order valence-electron chi connectivity index (χ2n) is 5.15. The number of nitrogens with two attached hydrogens (primary N) is 1. The van der Waals surface area contributed by atoms with Gasteiger partial charge in [-0.25, -0.2) is 4.98 Å². The lowest BCUT2D eigenvalue weighted by molar-refractivity contribution is 0.590. The molecule has 1 aliphatic heterocycles. The Morgan fingerprint density at radius 2 is 2.20 bits per heavy atom. The zero-order chi connectivity index (χ0) is 13.9. The fraction of sp³-hybridized carbons (Fsp3) is 0.500. The second-order valence-corrected chi connectivity index (χ2v) is 6.11. The molecule has 5 nitrogen and oxygen atoms in total. The SMILES string of the molecule is CC(N)c1cccnc1Sc1nnc2n1CCCCC2. The summed E-state index contributed by atoms with van der Waals surface area (Å²) in [4.78, 5) is 4.45. The standard InChI is InChI=1S/C14H19N5S/c1-10(15)11-6-5-8-16-13(11)20-14-18-17-12-7-3-2-4-9-19(12)14/h5-6,8,10H,2-4,7,9,15H2,1H3. The summed E-state index contributed by atoms with van der Waals surface area (Å²) >= 11 is 1.57. The third kappa shape index (κ3) is 2.71. The van der Waals surface area contributed by atoms with Gasteiger partial charge in [0.05, 0.1) is 0 Å². The molecule has 106 valence electrons. The first-order valence-corrected chi connectivity index (χ1v) is 7.88. The molecule has 1 unspecified atom stereocenters. The van der Waals surface area contributed by atoms with Crippen molar-refractivity contribution in [3.8, 4) is 0 Å². The summed E-state index contributed by atoms with van der Waals surface area (Å²) in [5.74, 6) is 1.10. The normalized spacial score (nSPS) is 16.5. The van der Waals surface area contributed by atoms with Crippen LogP contribution >= 0.6 is 11.8 Å². The summed E-state index contributed by atoms with van der Waals surface area (Å²) in [5.41, 5.74) is 7.07. The minimum atomic E-state index is -0.0299. The van der Waals surface area contributed by atoms with Crippen LogP contribution in [-0.2, 0) is 13.0 Å². The fourth-order valence-electron chi connectivity index (χ4n) is 2.46. The highest BCUT2D eigenvalue weighted by atomic mass is 32.2. The van der Waals surface area contributed by atoms with Crippen LogP contribution < -0.4 is 5.73 Å². The molecule has 0 aromatic carbocycles. The van der Waals surface area contributed by atoms with Crippen LogP contribution in [0.4, 0.5) is 0 Å². The number of hydrogen-bond donors (Lipinski definition) is 1. The molecule has 0 spiro atoms. The van der Waals surface area contributed by atoms with Gasteiger partial charge in [-0.2, -0.15) is 0 Å². The Bertz CT molecular complexity index is 593. The average molecular weight is 289 g/mol. The summed E-state index contributed by atoms with van der Waals surface area (Å²) in [6.07, 6.45) is 6.49. The van der Waals surface area contributed by atoms with Crippen molar-refractivity contribution >= 4 is 11.8 Å². The van der Waals surface area contributed by atoms with Crippen LogP contribution in [0.5, 0.6) is 0 Å². The van der Waals surface area contributed by atoms with Gasteiger partial charge in [0.2, 0.25) is 0 Å². The quantitative estimate of drug-likeness (QED) is 0.940. The van der Waals surface area contributed by atoms with Gasteiger partial charge in [-0.3, -0.25) is 0 Å². The predicted octanol–water partition coefficient (Wildman–Crippen LogP) is 2.57. The third-order valence-electron chi connectivity index (χ3n) is 3.55. The Balaban J connectivity index is 1.90. The van der Waals surface area contributed by atoms with Crippen LogP contribution in [0.1, 0.15) is 43.6 Å². The first kappa shape index (κ1) is 13.6. The third-order valence-corrected chi connectivity index (χ3v) is 4.57. The Labute approximate surface area is 123 Å². The molecule has 6 heteroatoms. The van der Waals surface area contributed by atoms with Gasteiger partial charge in [0, 0.05) is 30.8 Å². The lowest BCUT2D eigenvalue weighted by Crippen LogP contribution is -2.08. The van der Waals surface area contributed by atoms with Crippen molar-refractivity contribution in [2.75, 3.05) is 0 Å². The van der Waals surface area contributed by atoms with Crippen LogP contribution in [0.3, 0.4) is 0 Å². The van der Waals surface area contributed by atoms with E-state index in [-0.39, 0.29) is 6.04 Å². The Morgan fingerprint density at radius 1 is 1.30 bits per heavy atom. The lowest BCUT2D eigenvalue weighted by Gasteiger charge is -2.11. The van der Waals surface area contributed by atoms with E-state index in [4.69, 9.17) is 5.73 Å². The molecule has 1 atom stereocenters. The molecular formula is C14H19N5S. The monoisotopic (exact) mass is 289 g/mol. The van der Waals surface area contributed by atoms with Gasteiger partial charge in [0.15, 0.2) is 5.16 Å². The molecule has 3 rings (SSSR count). The first-order chi connectivity index (χ1) is 9.75. The molecule has 0 radical (unpaired) electrons. The van der Waals surface area contributed by atoms with Gasteiger partial charge in [-0.1, -0.05) is 12.5 Å². The van der Waals surface area contributed by atoms with Gasteiger partial charge in [0.1, 0.15) is 10.9 Å². The molecule has 0 bridgehead atoms. The van der Waals surface area contributed by atoms with Crippen molar-refractivity contribution in [1.82, 2.24) is 19.7 Å². The van der Waals surface area contributed by atoms with E-state index in [1.165, 1.54) is 19.3 Å². The predicted molar refractivity (Wildman–Crippen MR) is 78.5 cm³/mol. The van der Waals surface area contributed by atoms with E-state index >= 15 is 0 Å². The minimum Gasteiger partial charge on any atom is -0.324 e. The molecule has 0 saturated carbocycles. The summed E-state index contributed by atoms with van der Waals surface area (Å²) in [5, 5.41) is 10.5. The summed E-state index contributed by atoms with van der Waals surface area (Å²) in [7, 11) is 0. The van der Waals surface area contributed by atoms with Crippen molar-refractivity contribution < 1.29 is 0 Å². The molecule has 2 aromatic heterocycles. The van der Waals surface area contributed by atoms with E-state index in [0.29, 0.717) is 0 Å². The zero-order valence-corrected chi connectivity index (χ0v) is 12.4. The van der Waals surface area contributed by atoms with Crippen LogP contribution in [0.2, 0.25) is 0 Å². The van der Waals surface area contributed by atoms with E-state index in [1.807, 2.05) is 19.1 Å². The highest BCUT2D eigenvalue weighted by Crippen LogP contribution is 2.31. The molecule has 3 heterocycles. The van der Waals surface area contributed by atoms with Crippen LogP contribution in [0, 0.1) is 0 Å². The molecular weight excluding hydrogens is 270 g/mol. The van der Waals surface area contributed by atoms with Gasteiger partial charge in [0.25, 0.3) is 0 Å². The molecule has 20 heavy (non-hydrogen) atoms. The van der Waals surface area contributed by atoms with Gasteiger partial charge in [-0.05, 0) is 37.6 Å². The van der Waals surface area contributed by atoms with E-state index < -0.39 is 0 Å². The fourth-order valence-corrected chi connectivity index (χ4v) is 3.50. The number of nitrogens with zero attached hydrogens (tertiary/aromatic N) is 4. The molecule has 0 saturated heterocycles. The first-order valence-electron chi connectivity index (χ1n) is 7.06. The van der Waals surface area contributed by atoms with Gasteiger partial charge >= 0.3 is 0 Å². The van der Waals surface area contributed by atoms with Crippen LogP contribution in [0.25, 0.3) is 0 Å². The minimum absolute atomic E-state index is 0.0299. The summed E-state index contributed by atoms with van der Waals surface area (Å²) in [6.45, 7) is 2.98. The largest absolute Gasteiger partial charge is 0.324 e. The maximum absolute atomic E-state index is 6.01. The van der Waals surface area contributed by atoms with E-state index in [2.05, 4.69) is 19.7 Å². The molecule has 0 aliphatic carbocycles. The topological polar surface area (TPSA) is 69.6 Å². The van der Waals surface area contributed by atoms with Crippen molar-refractivity contribution in [2.45, 2.75) is 55.4 Å². The van der Waals surface area contributed by atoms with Crippen LogP contribution in [0.15, 0.2) is 28.5 Å². The molecule has 2 aromatic rings. The number of fused-ring (bicyclic) bond motifs is 1. The molecule has 0 amide bonds. The second kappa shape index (κ2) is 5.93. The van der Waals surface area contributed by atoms with Crippen molar-refractivity contribution in [1.29, 1.82) is 0 Å². The Kier molecular flexibility index (Phi) is 4.03. The van der Waals surface area contributed by atoms with Gasteiger partial charge in [-0.15, -0.1) is 10.2 Å². The lowest BCUT2D eigenvalue weighted by atomic mass is 10.2. The number of aryl methyl sites for hydroxylation is 1. The molecule has 1 aliphatic rings. The Morgan fingerprint density at radius 3 is 3.05 bits per heavy atom. The van der Waals surface area contributed by atoms with E-state index in [9.17, 15) is 0 Å². The maximum Gasteiger partial charge on any atom is 0.197 e. The highest BCUT2D eigenvalue weighted by Gasteiger charge is 2.18. The average Bonchev–Trinajstić information content (AvgIpc) is 2.68. The highest BCUT2D eigenvalue weighted by molar-refractivity contribution is 7.99.